The maximum Gasteiger partial charge on any atom is 0.191 e. The molecule has 2 rings (SSSR count). The summed E-state index contributed by atoms with van der Waals surface area (Å²) in [6.45, 7) is 6.65. The molecule has 0 aromatic rings. The molecule has 0 aromatic heterocycles. The van der Waals surface area contributed by atoms with Gasteiger partial charge in [0.1, 0.15) is 0 Å². The van der Waals surface area contributed by atoms with Gasteiger partial charge in [0, 0.05) is 32.2 Å². The first-order valence-electron chi connectivity index (χ1n) is 8.76. The highest BCUT2D eigenvalue weighted by atomic mass is 127. The lowest BCUT2D eigenvalue weighted by molar-refractivity contribution is 0.246. The van der Waals surface area contributed by atoms with Gasteiger partial charge in [0.25, 0.3) is 0 Å². The Labute approximate surface area is 153 Å². The Morgan fingerprint density at radius 1 is 1.27 bits per heavy atom. The van der Waals surface area contributed by atoms with Crippen LogP contribution in [0.25, 0.3) is 0 Å². The number of likely N-dealkylation sites (N-methyl/N-ethyl adjacent to an activating group) is 1. The standard InChI is InChI=1S/C17H34N4.HI/c1-5-17(10-6-7-11-17)13-20-16(18-3)19-12-14(2)21(4)15-8-9-15;/h14-15H,5-13H2,1-4H3,(H2,18,19,20);1H. The van der Waals surface area contributed by atoms with Gasteiger partial charge in [0.05, 0.1) is 0 Å². The third-order valence-corrected chi connectivity index (χ3v) is 5.65. The van der Waals surface area contributed by atoms with Crippen LogP contribution in [0.5, 0.6) is 0 Å². The lowest BCUT2D eigenvalue weighted by Crippen LogP contribution is -2.47. The Morgan fingerprint density at radius 2 is 1.91 bits per heavy atom. The number of aliphatic imine (C=N–C) groups is 1. The molecule has 0 heterocycles. The molecule has 1 atom stereocenters. The van der Waals surface area contributed by atoms with Crippen molar-refractivity contribution in [3.05, 3.63) is 0 Å². The van der Waals surface area contributed by atoms with Crippen LogP contribution in [0.4, 0.5) is 0 Å². The molecule has 2 aliphatic carbocycles. The minimum Gasteiger partial charge on any atom is -0.356 e. The van der Waals surface area contributed by atoms with Crippen LogP contribution >= 0.6 is 24.0 Å². The molecule has 0 aromatic carbocycles. The average Bonchev–Trinajstić information content (AvgIpc) is 3.25. The summed E-state index contributed by atoms with van der Waals surface area (Å²) < 4.78 is 0. The molecular weight excluding hydrogens is 387 g/mol. The summed E-state index contributed by atoms with van der Waals surface area (Å²) >= 11 is 0. The molecule has 2 aliphatic rings. The van der Waals surface area contributed by atoms with Gasteiger partial charge in [-0.2, -0.15) is 0 Å². The number of rotatable bonds is 7. The van der Waals surface area contributed by atoms with Crippen LogP contribution in [0.2, 0.25) is 0 Å². The average molecular weight is 422 g/mol. The summed E-state index contributed by atoms with van der Waals surface area (Å²) in [6.07, 6.45) is 9.54. The fourth-order valence-corrected chi connectivity index (χ4v) is 3.50. The summed E-state index contributed by atoms with van der Waals surface area (Å²) in [5, 5.41) is 7.06. The van der Waals surface area contributed by atoms with E-state index in [0.29, 0.717) is 11.5 Å². The number of halogens is 1. The van der Waals surface area contributed by atoms with E-state index in [-0.39, 0.29) is 24.0 Å². The topological polar surface area (TPSA) is 39.7 Å². The second kappa shape index (κ2) is 9.30. The monoisotopic (exact) mass is 422 g/mol. The summed E-state index contributed by atoms with van der Waals surface area (Å²) in [7, 11) is 4.11. The number of nitrogens with zero attached hydrogens (tertiary/aromatic N) is 2. The zero-order valence-corrected chi connectivity index (χ0v) is 17.2. The Balaban J connectivity index is 0.00000242. The molecule has 4 nitrogen and oxygen atoms in total. The van der Waals surface area contributed by atoms with E-state index in [0.717, 1.165) is 25.1 Å². The fourth-order valence-electron chi connectivity index (χ4n) is 3.50. The van der Waals surface area contributed by atoms with Gasteiger partial charge < -0.3 is 10.6 Å². The lowest BCUT2D eigenvalue weighted by Gasteiger charge is -2.29. The molecule has 0 spiro atoms. The van der Waals surface area contributed by atoms with Crippen molar-refractivity contribution in [2.45, 2.75) is 70.9 Å². The lowest BCUT2D eigenvalue weighted by atomic mass is 9.83. The van der Waals surface area contributed by atoms with E-state index >= 15 is 0 Å². The van der Waals surface area contributed by atoms with E-state index in [9.17, 15) is 0 Å². The quantitative estimate of drug-likeness (QED) is 0.376. The molecule has 2 N–H and O–H groups in total. The van der Waals surface area contributed by atoms with Crippen LogP contribution < -0.4 is 10.6 Å². The minimum absolute atomic E-state index is 0. The van der Waals surface area contributed by atoms with Crippen LogP contribution in [0.15, 0.2) is 4.99 Å². The largest absolute Gasteiger partial charge is 0.356 e. The van der Waals surface area contributed by atoms with Crippen molar-refractivity contribution in [1.29, 1.82) is 0 Å². The van der Waals surface area contributed by atoms with Crippen molar-refractivity contribution in [1.82, 2.24) is 15.5 Å². The van der Waals surface area contributed by atoms with Crippen molar-refractivity contribution < 1.29 is 0 Å². The summed E-state index contributed by atoms with van der Waals surface area (Å²) in [4.78, 5) is 6.87. The molecule has 0 bridgehead atoms. The normalized spacial score (nSPS) is 22.3. The van der Waals surface area contributed by atoms with Gasteiger partial charge in [-0.3, -0.25) is 9.89 Å². The molecule has 1 unspecified atom stereocenters. The van der Waals surface area contributed by atoms with Gasteiger partial charge in [-0.25, -0.2) is 0 Å². The van der Waals surface area contributed by atoms with Crippen LogP contribution in [-0.2, 0) is 0 Å². The minimum atomic E-state index is 0. The highest BCUT2D eigenvalue weighted by Crippen LogP contribution is 2.40. The highest BCUT2D eigenvalue weighted by Gasteiger charge is 2.32. The second-order valence-electron chi connectivity index (χ2n) is 7.11. The van der Waals surface area contributed by atoms with Crippen molar-refractivity contribution in [2.24, 2.45) is 10.4 Å². The molecular formula is C17H35IN4. The molecule has 22 heavy (non-hydrogen) atoms. The van der Waals surface area contributed by atoms with Crippen LogP contribution in [-0.4, -0.2) is 50.1 Å². The second-order valence-corrected chi connectivity index (χ2v) is 7.11. The van der Waals surface area contributed by atoms with E-state index < -0.39 is 0 Å². The third-order valence-electron chi connectivity index (χ3n) is 5.65. The fraction of sp³-hybridized carbons (Fsp3) is 0.941. The predicted octanol–water partition coefficient (Wildman–Crippen LogP) is 3.22. The molecule has 5 heteroatoms. The van der Waals surface area contributed by atoms with Gasteiger partial charge in [0.2, 0.25) is 0 Å². The van der Waals surface area contributed by atoms with E-state index in [1.54, 1.807) is 0 Å². The highest BCUT2D eigenvalue weighted by molar-refractivity contribution is 14.0. The zero-order chi connectivity index (χ0) is 15.3. The first kappa shape index (κ1) is 20.0. The van der Waals surface area contributed by atoms with Crippen molar-refractivity contribution >= 4 is 29.9 Å². The zero-order valence-electron chi connectivity index (χ0n) is 14.8. The van der Waals surface area contributed by atoms with Gasteiger partial charge in [0.15, 0.2) is 5.96 Å². The molecule has 2 saturated carbocycles. The first-order chi connectivity index (χ1) is 10.1. The SMILES string of the molecule is CCC1(CNC(=NC)NCC(C)N(C)C2CC2)CCCC1.I. The Kier molecular flexibility index (Phi) is 8.46. The van der Waals surface area contributed by atoms with Gasteiger partial charge >= 0.3 is 0 Å². The van der Waals surface area contributed by atoms with Crippen molar-refractivity contribution in [3.8, 4) is 0 Å². The van der Waals surface area contributed by atoms with E-state index in [2.05, 4.69) is 41.4 Å². The van der Waals surface area contributed by atoms with Crippen LogP contribution in [0.3, 0.4) is 0 Å². The van der Waals surface area contributed by atoms with E-state index in [4.69, 9.17) is 0 Å². The Bertz CT molecular complexity index is 349. The smallest absolute Gasteiger partial charge is 0.191 e. The first-order valence-corrected chi connectivity index (χ1v) is 8.76. The van der Waals surface area contributed by atoms with Crippen molar-refractivity contribution in [2.75, 3.05) is 27.2 Å². The Morgan fingerprint density at radius 3 is 2.41 bits per heavy atom. The summed E-state index contributed by atoms with van der Waals surface area (Å²) in [6, 6.07) is 1.38. The number of hydrogen-bond acceptors (Lipinski definition) is 2. The molecule has 0 aliphatic heterocycles. The van der Waals surface area contributed by atoms with Gasteiger partial charge in [-0.1, -0.05) is 19.8 Å². The van der Waals surface area contributed by atoms with Crippen LogP contribution in [0, 0.1) is 5.41 Å². The predicted molar refractivity (Wildman–Crippen MR) is 106 cm³/mol. The third kappa shape index (κ3) is 5.55. The van der Waals surface area contributed by atoms with Gasteiger partial charge in [-0.05, 0) is 51.5 Å². The van der Waals surface area contributed by atoms with Gasteiger partial charge in [-0.15, -0.1) is 24.0 Å². The van der Waals surface area contributed by atoms with E-state index in [1.165, 1.54) is 44.9 Å². The maximum absolute atomic E-state index is 4.38. The summed E-state index contributed by atoms with van der Waals surface area (Å²) in [5.74, 6) is 0.964. The Hall–Kier alpha value is -0.0400. The molecule has 130 valence electrons. The number of guanidine groups is 1. The number of hydrogen-bond donors (Lipinski definition) is 2. The summed E-state index contributed by atoms with van der Waals surface area (Å²) in [5.41, 5.74) is 0.508. The molecule has 2 fully saturated rings. The van der Waals surface area contributed by atoms with Crippen molar-refractivity contribution in [3.63, 3.8) is 0 Å². The number of nitrogens with one attached hydrogen (secondary N) is 2. The maximum atomic E-state index is 4.38. The molecule has 0 amide bonds. The van der Waals surface area contributed by atoms with E-state index in [1.807, 2.05) is 7.05 Å². The molecule has 0 radical (unpaired) electrons. The van der Waals surface area contributed by atoms with Crippen LogP contribution in [0.1, 0.15) is 58.8 Å². The molecule has 0 saturated heterocycles.